The molecule has 3 aromatic rings. The summed E-state index contributed by atoms with van der Waals surface area (Å²) in [5.41, 5.74) is 2.48. The number of carbonyl (C=O) groups is 6. The number of aliphatic hydroxyl groups excluding tert-OH is 1. The molecule has 0 aliphatic heterocycles. The Balaban J connectivity index is 0. The summed E-state index contributed by atoms with van der Waals surface area (Å²) in [6.07, 6.45) is 0. The standard InChI is InChI=1S/C10H10O3.C9H7ClO3.C8H4Cl2O2.CH4O.H2O/c1-7(11)8-3-5-9(6-4-8)10(12)13-2;1-13-9(12)7-4-2-6(3-5-7)8(10)11;9-7(11)5-1-2-6(4-3-5)8(10)12;1-2;/h3-6H,1-2H3;2-5H,1H3;1-4H;2H,1H3;1H2. The van der Waals surface area contributed by atoms with E-state index in [-0.39, 0.29) is 11.3 Å². The molecule has 3 rings (SSSR count). The van der Waals surface area contributed by atoms with Crippen molar-refractivity contribution >= 4 is 68.3 Å². The van der Waals surface area contributed by atoms with Crippen molar-refractivity contribution in [1.82, 2.24) is 0 Å². The van der Waals surface area contributed by atoms with E-state index in [9.17, 15) is 28.8 Å². The van der Waals surface area contributed by atoms with Crippen molar-refractivity contribution in [2.75, 3.05) is 21.3 Å². The van der Waals surface area contributed by atoms with Gasteiger partial charge < -0.3 is 20.1 Å². The lowest BCUT2D eigenvalue weighted by molar-refractivity contribution is 0.0592. The van der Waals surface area contributed by atoms with Crippen LogP contribution in [0.25, 0.3) is 0 Å². The summed E-state index contributed by atoms with van der Waals surface area (Å²) in [4.78, 5) is 64.6. The molecule has 3 aromatic carbocycles. The number of rotatable bonds is 6. The van der Waals surface area contributed by atoms with Gasteiger partial charge in [-0.25, -0.2) is 9.59 Å². The van der Waals surface area contributed by atoms with Gasteiger partial charge in [-0.1, -0.05) is 12.1 Å². The minimum absolute atomic E-state index is 0. The number of hydrogen-bond acceptors (Lipinski definition) is 9. The largest absolute Gasteiger partial charge is 0.465 e. The Hall–Kier alpha value is -3.93. The Morgan fingerprint density at radius 1 is 0.488 bits per heavy atom. The van der Waals surface area contributed by atoms with Crippen LogP contribution in [-0.2, 0) is 9.47 Å². The average molecular weight is 630 g/mol. The molecule has 0 amide bonds. The maximum absolute atomic E-state index is 11.0. The van der Waals surface area contributed by atoms with Crippen LogP contribution >= 0.6 is 34.8 Å². The number of ketones is 1. The average Bonchev–Trinajstić information content (AvgIpc) is 2.98. The Morgan fingerprint density at radius 3 is 0.854 bits per heavy atom. The van der Waals surface area contributed by atoms with Crippen molar-refractivity contribution in [2.24, 2.45) is 0 Å². The maximum atomic E-state index is 11.0. The molecule has 0 unspecified atom stereocenters. The molecule has 0 saturated heterocycles. The van der Waals surface area contributed by atoms with Crippen molar-refractivity contribution in [3.63, 3.8) is 0 Å². The van der Waals surface area contributed by atoms with Crippen LogP contribution < -0.4 is 0 Å². The molecule has 41 heavy (non-hydrogen) atoms. The molecular weight excluding hydrogens is 603 g/mol. The number of benzene rings is 3. The first-order chi connectivity index (χ1) is 18.9. The summed E-state index contributed by atoms with van der Waals surface area (Å²) in [6, 6.07) is 18.1. The highest BCUT2D eigenvalue weighted by atomic mass is 35.5. The second kappa shape index (κ2) is 20.9. The minimum atomic E-state index is -0.552. The molecule has 0 radical (unpaired) electrons. The fourth-order valence-corrected chi connectivity index (χ4v) is 2.92. The molecule has 0 bridgehead atoms. The second-order valence-electron chi connectivity index (χ2n) is 7.09. The van der Waals surface area contributed by atoms with Gasteiger partial charge in [-0.15, -0.1) is 0 Å². The number of aliphatic hydroxyl groups is 1. The molecule has 0 aliphatic carbocycles. The summed E-state index contributed by atoms with van der Waals surface area (Å²) >= 11 is 15.6. The third kappa shape index (κ3) is 14.3. The van der Waals surface area contributed by atoms with E-state index in [1.54, 1.807) is 24.3 Å². The summed E-state index contributed by atoms with van der Waals surface area (Å²) in [7, 11) is 3.62. The van der Waals surface area contributed by atoms with E-state index in [1.165, 1.54) is 69.7 Å². The van der Waals surface area contributed by atoms with Gasteiger partial charge in [-0.05, 0) is 102 Å². The SMILES string of the molecule is CO.COC(=O)c1ccc(C(=O)Cl)cc1.COC(=O)c1ccc(C(C)=O)cc1.O.O=C(Cl)c1ccc(C(=O)Cl)cc1. The van der Waals surface area contributed by atoms with Crippen molar-refractivity contribution < 1.29 is 48.8 Å². The lowest BCUT2D eigenvalue weighted by atomic mass is 10.1. The first-order valence-electron chi connectivity index (χ1n) is 10.9. The first kappa shape index (κ1) is 39.2. The van der Waals surface area contributed by atoms with E-state index >= 15 is 0 Å². The Bertz CT molecular complexity index is 1200. The van der Waals surface area contributed by atoms with Crippen LogP contribution in [0.15, 0.2) is 72.8 Å². The Kier molecular flexibility index (Phi) is 20.0. The number of Topliss-reactive ketones (excluding diaryl/α,β-unsaturated/α-hetero) is 1. The molecule has 13 heteroatoms. The number of carbonyl (C=O) groups excluding carboxylic acids is 6. The number of methoxy groups -OCH3 is 2. The minimum Gasteiger partial charge on any atom is -0.465 e. The van der Waals surface area contributed by atoms with Gasteiger partial charge in [-0.2, -0.15) is 0 Å². The summed E-state index contributed by atoms with van der Waals surface area (Å²) < 4.78 is 8.99. The Morgan fingerprint density at radius 2 is 0.683 bits per heavy atom. The molecule has 0 aliphatic rings. The number of hydrogen-bond donors (Lipinski definition) is 1. The van der Waals surface area contributed by atoms with E-state index in [1.807, 2.05) is 0 Å². The number of halogens is 3. The highest BCUT2D eigenvalue weighted by molar-refractivity contribution is 6.68. The monoisotopic (exact) mass is 628 g/mol. The fraction of sp³-hybridized carbons (Fsp3) is 0.143. The van der Waals surface area contributed by atoms with Crippen molar-refractivity contribution in [2.45, 2.75) is 6.92 Å². The molecule has 0 atom stereocenters. The van der Waals surface area contributed by atoms with Gasteiger partial charge in [0.2, 0.25) is 0 Å². The van der Waals surface area contributed by atoms with Gasteiger partial charge in [0.05, 0.1) is 25.3 Å². The summed E-state index contributed by atoms with van der Waals surface area (Å²) in [5, 5.41) is 5.35. The lowest BCUT2D eigenvalue weighted by Crippen LogP contribution is -2.01. The van der Waals surface area contributed by atoms with E-state index in [2.05, 4.69) is 9.47 Å². The highest BCUT2D eigenvalue weighted by Gasteiger charge is 2.07. The second-order valence-corrected chi connectivity index (χ2v) is 8.12. The van der Waals surface area contributed by atoms with Crippen LogP contribution in [0.3, 0.4) is 0 Å². The third-order valence-electron chi connectivity index (χ3n) is 4.58. The number of ether oxygens (including phenoxy) is 2. The Labute approximate surface area is 251 Å². The number of esters is 2. The molecule has 10 nitrogen and oxygen atoms in total. The molecule has 0 heterocycles. The van der Waals surface area contributed by atoms with E-state index in [4.69, 9.17) is 39.9 Å². The fourth-order valence-electron chi connectivity index (χ4n) is 2.55. The maximum Gasteiger partial charge on any atom is 0.337 e. The first-order valence-corrected chi connectivity index (χ1v) is 12.1. The van der Waals surface area contributed by atoms with E-state index < -0.39 is 27.7 Å². The van der Waals surface area contributed by atoms with Gasteiger partial charge in [-0.3, -0.25) is 19.2 Å². The lowest BCUT2D eigenvalue weighted by Gasteiger charge is -1.99. The molecule has 0 aromatic heterocycles. The molecule has 0 spiro atoms. The van der Waals surface area contributed by atoms with Gasteiger partial charge in [0.15, 0.2) is 5.78 Å². The van der Waals surface area contributed by atoms with E-state index in [0.29, 0.717) is 33.4 Å². The predicted molar refractivity (Wildman–Crippen MR) is 154 cm³/mol. The third-order valence-corrected chi connectivity index (χ3v) is 5.24. The van der Waals surface area contributed by atoms with Gasteiger partial charge >= 0.3 is 11.9 Å². The van der Waals surface area contributed by atoms with Crippen LogP contribution in [0, 0.1) is 0 Å². The molecular formula is C28H27Cl3O10. The zero-order valence-corrected chi connectivity index (χ0v) is 24.5. The van der Waals surface area contributed by atoms with Crippen molar-refractivity contribution in [1.29, 1.82) is 0 Å². The summed E-state index contributed by atoms with van der Waals surface area (Å²) in [6.45, 7) is 1.48. The zero-order chi connectivity index (χ0) is 30.8. The van der Waals surface area contributed by atoms with Crippen LogP contribution in [0.4, 0.5) is 0 Å². The quantitative estimate of drug-likeness (QED) is 0.229. The normalized spacial score (nSPS) is 8.88. The van der Waals surface area contributed by atoms with Crippen LogP contribution in [0.2, 0.25) is 0 Å². The van der Waals surface area contributed by atoms with Gasteiger partial charge in [0.25, 0.3) is 15.7 Å². The molecule has 220 valence electrons. The van der Waals surface area contributed by atoms with Crippen LogP contribution in [-0.4, -0.2) is 65.4 Å². The van der Waals surface area contributed by atoms with Crippen molar-refractivity contribution in [3.05, 3.63) is 106 Å². The van der Waals surface area contributed by atoms with Crippen LogP contribution in [0.5, 0.6) is 0 Å². The molecule has 0 saturated carbocycles. The van der Waals surface area contributed by atoms with Gasteiger partial charge in [0, 0.05) is 29.4 Å². The van der Waals surface area contributed by atoms with Gasteiger partial charge in [0.1, 0.15) is 0 Å². The summed E-state index contributed by atoms with van der Waals surface area (Å²) in [5.74, 6) is -0.847. The molecule has 0 fully saturated rings. The van der Waals surface area contributed by atoms with Crippen LogP contribution in [0.1, 0.15) is 69.1 Å². The van der Waals surface area contributed by atoms with Crippen molar-refractivity contribution in [3.8, 4) is 0 Å². The predicted octanol–water partition coefficient (Wildman–Crippen LogP) is 4.76. The zero-order valence-electron chi connectivity index (χ0n) is 22.3. The topological polar surface area (TPSA) is 173 Å². The smallest absolute Gasteiger partial charge is 0.337 e. The highest BCUT2D eigenvalue weighted by Crippen LogP contribution is 2.09. The molecule has 3 N–H and O–H groups in total. The van der Waals surface area contributed by atoms with E-state index in [0.717, 1.165) is 7.11 Å².